The smallest absolute Gasteiger partial charge is 0.132 e. The highest BCUT2D eigenvalue weighted by Crippen LogP contribution is 2.39. The first-order chi connectivity index (χ1) is 11.2. The van der Waals surface area contributed by atoms with E-state index in [9.17, 15) is 4.79 Å². The summed E-state index contributed by atoms with van der Waals surface area (Å²) in [4.78, 5) is 14.0. The standard InChI is InChI=1S/C19H27NO3/c1-22-16-9-10-17(19(12-16)23-2)18-4-3-11-20(18)13-14-5-7-15(21)8-6-14/h9-10,12,14,18H,3-8,11,13H2,1-2H3. The molecule has 1 heterocycles. The molecule has 1 aromatic rings. The predicted octanol–water partition coefficient (Wildman–Crippen LogP) is 3.60. The van der Waals surface area contributed by atoms with Gasteiger partial charge in [0.1, 0.15) is 17.3 Å². The third kappa shape index (κ3) is 3.69. The third-order valence-corrected chi connectivity index (χ3v) is 5.32. The number of carbonyl (C=O) groups is 1. The van der Waals surface area contributed by atoms with Crippen LogP contribution >= 0.6 is 0 Å². The van der Waals surface area contributed by atoms with Gasteiger partial charge in [-0.3, -0.25) is 9.69 Å². The third-order valence-electron chi connectivity index (χ3n) is 5.32. The lowest BCUT2D eigenvalue weighted by atomic mass is 9.87. The summed E-state index contributed by atoms with van der Waals surface area (Å²) < 4.78 is 10.9. The molecule has 0 radical (unpaired) electrons. The molecule has 4 heteroatoms. The van der Waals surface area contributed by atoms with Gasteiger partial charge in [0, 0.05) is 37.1 Å². The molecule has 0 aromatic heterocycles. The van der Waals surface area contributed by atoms with Crippen molar-refractivity contribution in [2.24, 2.45) is 5.92 Å². The van der Waals surface area contributed by atoms with Gasteiger partial charge in [-0.05, 0) is 44.2 Å². The molecule has 1 atom stereocenters. The molecular formula is C19H27NO3. The number of likely N-dealkylation sites (tertiary alicyclic amines) is 1. The van der Waals surface area contributed by atoms with Gasteiger partial charge in [0.15, 0.2) is 0 Å². The number of methoxy groups -OCH3 is 2. The number of rotatable bonds is 5. The van der Waals surface area contributed by atoms with E-state index < -0.39 is 0 Å². The molecule has 23 heavy (non-hydrogen) atoms. The zero-order valence-corrected chi connectivity index (χ0v) is 14.2. The fraction of sp³-hybridized carbons (Fsp3) is 0.632. The van der Waals surface area contributed by atoms with E-state index in [4.69, 9.17) is 9.47 Å². The Morgan fingerprint density at radius 1 is 1.13 bits per heavy atom. The molecule has 1 aromatic carbocycles. The summed E-state index contributed by atoms with van der Waals surface area (Å²) in [5, 5.41) is 0. The highest BCUT2D eigenvalue weighted by Gasteiger charge is 2.31. The topological polar surface area (TPSA) is 38.8 Å². The largest absolute Gasteiger partial charge is 0.497 e. The molecule has 0 spiro atoms. The first-order valence-corrected chi connectivity index (χ1v) is 8.69. The number of nitrogens with zero attached hydrogens (tertiary/aromatic N) is 1. The van der Waals surface area contributed by atoms with Crippen molar-refractivity contribution in [1.29, 1.82) is 0 Å². The van der Waals surface area contributed by atoms with Gasteiger partial charge in [-0.25, -0.2) is 0 Å². The van der Waals surface area contributed by atoms with Gasteiger partial charge in [0.05, 0.1) is 14.2 Å². The van der Waals surface area contributed by atoms with Crippen molar-refractivity contribution < 1.29 is 14.3 Å². The van der Waals surface area contributed by atoms with Crippen molar-refractivity contribution in [2.75, 3.05) is 27.3 Å². The van der Waals surface area contributed by atoms with Crippen LogP contribution in [0.1, 0.15) is 50.1 Å². The zero-order valence-electron chi connectivity index (χ0n) is 14.2. The fourth-order valence-corrected chi connectivity index (χ4v) is 4.00. The van der Waals surface area contributed by atoms with E-state index in [1.54, 1.807) is 14.2 Å². The summed E-state index contributed by atoms with van der Waals surface area (Å²) in [6.07, 6.45) is 6.06. The molecule has 1 aliphatic carbocycles. The predicted molar refractivity (Wildman–Crippen MR) is 90.1 cm³/mol. The average molecular weight is 317 g/mol. The number of benzene rings is 1. The van der Waals surface area contributed by atoms with Crippen molar-refractivity contribution in [3.63, 3.8) is 0 Å². The highest BCUT2D eigenvalue weighted by atomic mass is 16.5. The Morgan fingerprint density at radius 2 is 1.91 bits per heavy atom. The highest BCUT2D eigenvalue weighted by molar-refractivity contribution is 5.79. The van der Waals surface area contributed by atoms with Crippen LogP contribution in [0.4, 0.5) is 0 Å². The van der Waals surface area contributed by atoms with Crippen LogP contribution in [0.2, 0.25) is 0 Å². The quantitative estimate of drug-likeness (QED) is 0.832. The van der Waals surface area contributed by atoms with Crippen molar-refractivity contribution in [3.05, 3.63) is 23.8 Å². The van der Waals surface area contributed by atoms with Gasteiger partial charge in [-0.1, -0.05) is 6.07 Å². The molecule has 1 saturated heterocycles. The van der Waals surface area contributed by atoms with Crippen molar-refractivity contribution in [3.8, 4) is 11.5 Å². The molecule has 0 N–H and O–H groups in total. The zero-order chi connectivity index (χ0) is 16.2. The maximum Gasteiger partial charge on any atom is 0.132 e. The van der Waals surface area contributed by atoms with E-state index in [0.717, 1.165) is 50.3 Å². The maximum atomic E-state index is 11.4. The van der Waals surface area contributed by atoms with Gasteiger partial charge < -0.3 is 9.47 Å². The lowest BCUT2D eigenvalue weighted by molar-refractivity contribution is -0.121. The molecule has 2 fully saturated rings. The van der Waals surface area contributed by atoms with E-state index in [1.165, 1.54) is 18.4 Å². The van der Waals surface area contributed by atoms with Gasteiger partial charge in [-0.15, -0.1) is 0 Å². The van der Waals surface area contributed by atoms with Crippen LogP contribution in [-0.2, 0) is 4.79 Å². The van der Waals surface area contributed by atoms with E-state index in [2.05, 4.69) is 11.0 Å². The van der Waals surface area contributed by atoms with Gasteiger partial charge in [-0.2, -0.15) is 0 Å². The fourth-order valence-electron chi connectivity index (χ4n) is 4.00. The summed E-state index contributed by atoms with van der Waals surface area (Å²) in [7, 11) is 3.41. The molecule has 4 nitrogen and oxygen atoms in total. The minimum absolute atomic E-state index is 0.425. The first-order valence-electron chi connectivity index (χ1n) is 8.69. The number of Topliss-reactive ketones (excluding diaryl/α,β-unsaturated/α-hetero) is 1. The lowest BCUT2D eigenvalue weighted by Gasteiger charge is -2.31. The maximum absolute atomic E-state index is 11.4. The Labute approximate surface area is 138 Å². The molecule has 1 aliphatic heterocycles. The Hall–Kier alpha value is -1.55. The monoisotopic (exact) mass is 317 g/mol. The summed E-state index contributed by atoms with van der Waals surface area (Å²) >= 11 is 0. The van der Waals surface area contributed by atoms with E-state index in [1.807, 2.05) is 12.1 Å². The van der Waals surface area contributed by atoms with Crippen LogP contribution in [0.3, 0.4) is 0 Å². The molecule has 3 rings (SSSR count). The number of ether oxygens (including phenoxy) is 2. The second kappa shape index (κ2) is 7.35. The molecule has 1 saturated carbocycles. The van der Waals surface area contributed by atoms with Crippen LogP contribution in [0.5, 0.6) is 11.5 Å². The van der Waals surface area contributed by atoms with Crippen LogP contribution in [0, 0.1) is 5.92 Å². The Morgan fingerprint density at radius 3 is 2.61 bits per heavy atom. The van der Waals surface area contributed by atoms with E-state index in [-0.39, 0.29) is 0 Å². The minimum Gasteiger partial charge on any atom is -0.497 e. The first kappa shape index (κ1) is 16.3. The Bertz CT molecular complexity index is 548. The summed E-state index contributed by atoms with van der Waals surface area (Å²) in [6, 6.07) is 6.57. The van der Waals surface area contributed by atoms with Gasteiger partial charge in [0.2, 0.25) is 0 Å². The summed E-state index contributed by atoms with van der Waals surface area (Å²) in [5.74, 6) is 2.86. The van der Waals surface area contributed by atoms with Gasteiger partial charge >= 0.3 is 0 Å². The average Bonchev–Trinajstić information content (AvgIpc) is 3.04. The lowest BCUT2D eigenvalue weighted by Crippen LogP contribution is -2.31. The second-order valence-electron chi connectivity index (χ2n) is 6.74. The molecule has 1 unspecified atom stereocenters. The van der Waals surface area contributed by atoms with Crippen LogP contribution < -0.4 is 9.47 Å². The summed E-state index contributed by atoms with van der Waals surface area (Å²) in [6.45, 7) is 2.25. The van der Waals surface area contributed by atoms with E-state index >= 15 is 0 Å². The van der Waals surface area contributed by atoms with Crippen LogP contribution in [0.25, 0.3) is 0 Å². The van der Waals surface area contributed by atoms with Crippen molar-refractivity contribution in [2.45, 2.75) is 44.6 Å². The molecular weight excluding hydrogens is 290 g/mol. The minimum atomic E-state index is 0.425. The number of hydrogen-bond acceptors (Lipinski definition) is 4. The molecule has 0 amide bonds. The Balaban J connectivity index is 1.72. The van der Waals surface area contributed by atoms with Crippen molar-refractivity contribution >= 4 is 5.78 Å². The van der Waals surface area contributed by atoms with Crippen molar-refractivity contribution in [1.82, 2.24) is 4.90 Å². The normalized spacial score (nSPS) is 23.2. The number of carbonyl (C=O) groups excluding carboxylic acids is 1. The van der Waals surface area contributed by atoms with Crippen LogP contribution in [-0.4, -0.2) is 38.0 Å². The molecule has 2 aliphatic rings. The van der Waals surface area contributed by atoms with Gasteiger partial charge in [0.25, 0.3) is 0 Å². The second-order valence-corrected chi connectivity index (χ2v) is 6.74. The molecule has 0 bridgehead atoms. The number of ketones is 1. The number of hydrogen-bond donors (Lipinski definition) is 0. The van der Waals surface area contributed by atoms with E-state index in [0.29, 0.717) is 17.7 Å². The van der Waals surface area contributed by atoms with Crippen LogP contribution in [0.15, 0.2) is 18.2 Å². The SMILES string of the molecule is COc1ccc(C2CCCN2CC2CCC(=O)CC2)c(OC)c1. The summed E-state index contributed by atoms with van der Waals surface area (Å²) in [5.41, 5.74) is 1.26. The molecule has 126 valence electrons. The Kier molecular flexibility index (Phi) is 5.21.